The molecular formula is C17H19ClFNO. The van der Waals surface area contributed by atoms with Crippen molar-refractivity contribution in [2.24, 2.45) is 5.73 Å². The Balaban J connectivity index is 2.03. The third kappa shape index (κ3) is 4.73. The van der Waals surface area contributed by atoms with Crippen LogP contribution in [-0.2, 0) is 13.0 Å². The molecule has 2 N–H and O–H groups in total. The fraction of sp³-hybridized carbons (Fsp3) is 0.294. The Hall–Kier alpha value is -1.58. The van der Waals surface area contributed by atoms with E-state index >= 15 is 0 Å². The molecule has 2 nitrogen and oxygen atoms in total. The van der Waals surface area contributed by atoms with Crippen LogP contribution in [0, 0.1) is 5.82 Å². The summed E-state index contributed by atoms with van der Waals surface area (Å²) in [5.74, 6) is 0.414. The van der Waals surface area contributed by atoms with Crippen LogP contribution in [0.4, 0.5) is 4.39 Å². The highest BCUT2D eigenvalue weighted by Crippen LogP contribution is 2.21. The molecule has 0 aliphatic rings. The summed E-state index contributed by atoms with van der Waals surface area (Å²) >= 11 is 6.02. The lowest BCUT2D eigenvalue weighted by Gasteiger charge is -2.11. The van der Waals surface area contributed by atoms with Crippen LogP contribution in [0.3, 0.4) is 0 Å². The van der Waals surface area contributed by atoms with Crippen LogP contribution in [0.5, 0.6) is 5.75 Å². The molecule has 0 aliphatic heterocycles. The van der Waals surface area contributed by atoms with E-state index < -0.39 is 0 Å². The first-order valence-corrected chi connectivity index (χ1v) is 7.37. The van der Waals surface area contributed by atoms with Crippen molar-refractivity contribution < 1.29 is 9.13 Å². The first kappa shape index (κ1) is 15.8. The summed E-state index contributed by atoms with van der Waals surface area (Å²) in [7, 11) is 0. The van der Waals surface area contributed by atoms with Crippen molar-refractivity contribution in [2.75, 3.05) is 0 Å². The van der Waals surface area contributed by atoms with Crippen molar-refractivity contribution >= 4 is 11.6 Å². The van der Waals surface area contributed by atoms with Gasteiger partial charge < -0.3 is 10.5 Å². The smallest absolute Gasteiger partial charge is 0.123 e. The zero-order valence-corrected chi connectivity index (χ0v) is 12.7. The molecule has 0 saturated carbocycles. The van der Waals surface area contributed by atoms with Crippen molar-refractivity contribution in [3.8, 4) is 5.75 Å². The summed E-state index contributed by atoms with van der Waals surface area (Å²) in [6.45, 7) is 2.30. The van der Waals surface area contributed by atoms with Crippen molar-refractivity contribution in [1.29, 1.82) is 0 Å². The van der Waals surface area contributed by atoms with Gasteiger partial charge in [-0.05, 0) is 48.7 Å². The van der Waals surface area contributed by atoms with Crippen LogP contribution in [0.15, 0.2) is 42.5 Å². The van der Waals surface area contributed by atoms with Gasteiger partial charge in [-0.2, -0.15) is 0 Å². The van der Waals surface area contributed by atoms with Crippen LogP contribution in [0.2, 0.25) is 5.02 Å². The number of nitrogens with two attached hydrogens (primary N) is 1. The van der Waals surface area contributed by atoms with Gasteiger partial charge in [-0.25, -0.2) is 4.39 Å². The minimum atomic E-state index is -0.319. The van der Waals surface area contributed by atoms with E-state index in [0.717, 1.165) is 24.2 Å². The molecule has 0 amide bonds. The molecule has 0 fully saturated rings. The lowest BCUT2D eigenvalue weighted by atomic mass is 10.0. The molecule has 2 rings (SSSR count). The first-order chi connectivity index (χ1) is 10.1. The minimum absolute atomic E-state index is 0.151. The van der Waals surface area contributed by atoms with E-state index in [1.54, 1.807) is 0 Å². The van der Waals surface area contributed by atoms with Gasteiger partial charge in [0.15, 0.2) is 0 Å². The Bertz CT molecular complexity index is 603. The van der Waals surface area contributed by atoms with Crippen LogP contribution >= 0.6 is 11.6 Å². The summed E-state index contributed by atoms with van der Waals surface area (Å²) in [6.07, 6.45) is 1.75. The highest BCUT2D eigenvalue weighted by atomic mass is 35.5. The molecule has 2 aromatic rings. The average molecular weight is 308 g/mol. The Morgan fingerprint density at radius 2 is 2.05 bits per heavy atom. The van der Waals surface area contributed by atoms with Gasteiger partial charge in [-0.15, -0.1) is 0 Å². The van der Waals surface area contributed by atoms with E-state index in [0.29, 0.717) is 10.6 Å². The molecule has 0 saturated heterocycles. The third-order valence-corrected chi connectivity index (χ3v) is 3.69. The van der Waals surface area contributed by atoms with E-state index in [1.165, 1.54) is 18.2 Å². The molecule has 0 heterocycles. The molecular weight excluding hydrogens is 289 g/mol. The van der Waals surface area contributed by atoms with E-state index in [9.17, 15) is 4.39 Å². The van der Waals surface area contributed by atoms with Crippen LogP contribution in [-0.4, -0.2) is 6.04 Å². The molecule has 0 radical (unpaired) electrons. The maximum absolute atomic E-state index is 13.2. The maximum atomic E-state index is 13.2. The monoisotopic (exact) mass is 307 g/mol. The Labute approximate surface area is 129 Å². The van der Waals surface area contributed by atoms with Gasteiger partial charge in [0.1, 0.15) is 18.2 Å². The fourth-order valence-electron chi connectivity index (χ4n) is 2.02. The van der Waals surface area contributed by atoms with Gasteiger partial charge >= 0.3 is 0 Å². The van der Waals surface area contributed by atoms with Gasteiger partial charge in [0.25, 0.3) is 0 Å². The quantitative estimate of drug-likeness (QED) is 0.861. The van der Waals surface area contributed by atoms with Crippen LogP contribution < -0.4 is 10.5 Å². The lowest BCUT2D eigenvalue weighted by molar-refractivity contribution is 0.305. The largest absolute Gasteiger partial charge is 0.489 e. The van der Waals surface area contributed by atoms with Gasteiger partial charge in [0.2, 0.25) is 0 Å². The molecule has 0 bridgehead atoms. The zero-order chi connectivity index (χ0) is 15.2. The highest BCUT2D eigenvalue weighted by Gasteiger charge is 2.05. The predicted molar refractivity (Wildman–Crippen MR) is 84.2 cm³/mol. The molecule has 0 aliphatic carbocycles. The number of hydrogen-bond acceptors (Lipinski definition) is 2. The lowest BCUT2D eigenvalue weighted by Crippen LogP contribution is -2.21. The molecule has 4 heteroatoms. The van der Waals surface area contributed by atoms with Crippen molar-refractivity contribution in [3.63, 3.8) is 0 Å². The normalized spacial score (nSPS) is 12.2. The molecule has 2 aromatic carbocycles. The van der Waals surface area contributed by atoms with E-state index in [2.05, 4.69) is 6.92 Å². The second-order valence-corrected chi connectivity index (χ2v) is 5.45. The Kier molecular flexibility index (Phi) is 5.59. The Morgan fingerprint density at radius 3 is 2.81 bits per heavy atom. The van der Waals surface area contributed by atoms with Crippen molar-refractivity contribution in [1.82, 2.24) is 0 Å². The summed E-state index contributed by atoms with van der Waals surface area (Å²) in [6, 6.07) is 12.2. The summed E-state index contributed by atoms with van der Waals surface area (Å²) in [5, 5.41) is 0.501. The molecule has 21 heavy (non-hydrogen) atoms. The van der Waals surface area contributed by atoms with E-state index in [-0.39, 0.29) is 18.5 Å². The summed E-state index contributed by atoms with van der Waals surface area (Å²) in [5.41, 5.74) is 7.72. The van der Waals surface area contributed by atoms with E-state index in [1.807, 2.05) is 24.3 Å². The standard InChI is InChI=1S/C17H19ClFNO/c1-2-15(20)8-12-4-3-5-16(9-12)21-11-13-10-14(19)6-7-17(13)18/h3-7,9-10,15H,2,8,11,20H2,1H3. The molecule has 0 aromatic heterocycles. The number of rotatable bonds is 6. The minimum Gasteiger partial charge on any atom is -0.489 e. The van der Waals surface area contributed by atoms with Gasteiger partial charge in [0.05, 0.1) is 0 Å². The van der Waals surface area contributed by atoms with Gasteiger partial charge in [-0.3, -0.25) is 0 Å². The second-order valence-electron chi connectivity index (χ2n) is 5.04. The first-order valence-electron chi connectivity index (χ1n) is 6.99. The summed E-state index contributed by atoms with van der Waals surface area (Å²) in [4.78, 5) is 0. The van der Waals surface area contributed by atoms with E-state index in [4.69, 9.17) is 22.1 Å². The number of halogens is 2. The van der Waals surface area contributed by atoms with Crippen molar-refractivity contribution in [3.05, 3.63) is 64.4 Å². The second kappa shape index (κ2) is 7.43. The van der Waals surface area contributed by atoms with Crippen molar-refractivity contribution in [2.45, 2.75) is 32.4 Å². The highest BCUT2D eigenvalue weighted by molar-refractivity contribution is 6.31. The van der Waals surface area contributed by atoms with Gasteiger partial charge in [-0.1, -0.05) is 30.7 Å². The molecule has 112 valence electrons. The number of ether oxygens (including phenoxy) is 1. The Morgan fingerprint density at radius 1 is 1.24 bits per heavy atom. The molecule has 0 spiro atoms. The molecule has 1 atom stereocenters. The summed E-state index contributed by atoms with van der Waals surface area (Å²) < 4.78 is 18.9. The van der Waals surface area contributed by atoms with Gasteiger partial charge in [0, 0.05) is 16.6 Å². The maximum Gasteiger partial charge on any atom is 0.123 e. The topological polar surface area (TPSA) is 35.2 Å². The predicted octanol–water partition coefficient (Wildman–Crippen LogP) is 4.34. The zero-order valence-electron chi connectivity index (χ0n) is 12.0. The van der Waals surface area contributed by atoms with Crippen LogP contribution in [0.1, 0.15) is 24.5 Å². The SMILES string of the molecule is CCC(N)Cc1cccc(OCc2cc(F)ccc2Cl)c1. The van der Waals surface area contributed by atoms with Crippen LogP contribution in [0.25, 0.3) is 0 Å². The number of benzene rings is 2. The third-order valence-electron chi connectivity index (χ3n) is 3.32. The fourth-order valence-corrected chi connectivity index (χ4v) is 2.20. The number of hydrogen-bond donors (Lipinski definition) is 1. The molecule has 1 unspecified atom stereocenters. The average Bonchev–Trinajstić information content (AvgIpc) is 2.48.